The molecule has 3 nitrogen and oxygen atoms in total. The average Bonchev–Trinajstić information content (AvgIpc) is 2.18. The second kappa shape index (κ2) is 5.29. The molecule has 0 aromatic heterocycles. The van der Waals surface area contributed by atoms with Gasteiger partial charge in [0.15, 0.2) is 0 Å². The third kappa shape index (κ3) is 3.05. The lowest BCUT2D eigenvalue weighted by atomic mass is 9.75. The summed E-state index contributed by atoms with van der Waals surface area (Å²) in [6.07, 6.45) is 2.13. The minimum absolute atomic E-state index is 0.0605. The first kappa shape index (κ1) is 12.2. The first-order chi connectivity index (χ1) is 7.06. The Morgan fingerprint density at radius 2 is 2.20 bits per heavy atom. The molecule has 1 rings (SSSR count). The van der Waals surface area contributed by atoms with Crippen molar-refractivity contribution in [3.63, 3.8) is 0 Å². The van der Waals surface area contributed by atoms with E-state index in [1.54, 1.807) is 6.92 Å². The molecule has 86 valence electrons. The largest absolute Gasteiger partial charge is 0.465 e. The van der Waals surface area contributed by atoms with Crippen LogP contribution in [0.3, 0.4) is 0 Å². The van der Waals surface area contributed by atoms with Crippen LogP contribution < -0.4 is 0 Å². The number of carbonyl (C=O) groups is 2. The molecule has 0 radical (unpaired) electrons. The zero-order valence-electron chi connectivity index (χ0n) is 9.79. The molecule has 0 saturated heterocycles. The van der Waals surface area contributed by atoms with E-state index < -0.39 is 5.92 Å². The minimum atomic E-state index is -0.494. The maximum atomic E-state index is 11.6. The van der Waals surface area contributed by atoms with Gasteiger partial charge in [-0.05, 0) is 31.6 Å². The van der Waals surface area contributed by atoms with Gasteiger partial charge in [-0.3, -0.25) is 9.59 Å². The summed E-state index contributed by atoms with van der Waals surface area (Å²) in [7, 11) is 0. The van der Waals surface area contributed by atoms with Crippen LogP contribution in [-0.4, -0.2) is 18.4 Å². The normalized spacial score (nSPS) is 26.8. The van der Waals surface area contributed by atoms with E-state index in [1.807, 2.05) is 0 Å². The predicted octanol–water partition coefficient (Wildman–Crippen LogP) is 2.19. The molecule has 0 aromatic rings. The second-order valence-corrected chi connectivity index (χ2v) is 4.55. The zero-order chi connectivity index (χ0) is 11.4. The standard InChI is InChI=1S/C12H20O3/c1-4-15-12(14)10-7-9(8(2)3)5-6-11(10)13/h8-10H,4-7H2,1-3H3/t9-,10-/m0/s1. The van der Waals surface area contributed by atoms with Crippen LogP contribution in [-0.2, 0) is 14.3 Å². The number of ketones is 1. The Labute approximate surface area is 91.2 Å². The molecule has 1 fully saturated rings. The van der Waals surface area contributed by atoms with E-state index in [0.29, 0.717) is 31.3 Å². The van der Waals surface area contributed by atoms with Gasteiger partial charge in [0.2, 0.25) is 0 Å². The van der Waals surface area contributed by atoms with Gasteiger partial charge in [-0.15, -0.1) is 0 Å². The van der Waals surface area contributed by atoms with Crippen molar-refractivity contribution in [2.24, 2.45) is 17.8 Å². The summed E-state index contributed by atoms with van der Waals surface area (Å²) >= 11 is 0. The fourth-order valence-electron chi connectivity index (χ4n) is 2.13. The predicted molar refractivity (Wildman–Crippen MR) is 57.3 cm³/mol. The van der Waals surface area contributed by atoms with Gasteiger partial charge in [0.1, 0.15) is 11.7 Å². The molecule has 15 heavy (non-hydrogen) atoms. The lowest BCUT2D eigenvalue weighted by molar-refractivity contribution is -0.153. The Morgan fingerprint density at radius 1 is 1.53 bits per heavy atom. The number of esters is 1. The highest BCUT2D eigenvalue weighted by Gasteiger charge is 2.35. The summed E-state index contributed by atoms with van der Waals surface area (Å²) in [6, 6.07) is 0. The molecule has 0 N–H and O–H groups in total. The molecule has 0 amide bonds. The van der Waals surface area contributed by atoms with Crippen LogP contribution in [0.15, 0.2) is 0 Å². The highest BCUT2D eigenvalue weighted by Crippen LogP contribution is 2.32. The van der Waals surface area contributed by atoms with Crippen LogP contribution in [0.5, 0.6) is 0 Å². The third-order valence-electron chi connectivity index (χ3n) is 3.20. The summed E-state index contributed by atoms with van der Waals surface area (Å²) < 4.78 is 4.92. The van der Waals surface area contributed by atoms with Crippen molar-refractivity contribution >= 4 is 11.8 Å². The molecule has 1 aliphatic carbocycles. The number of ether oxygens (including phenoxy) is 1. The van der Waals surface area contributed by atoms with Crippen molar-refractivity contribution < 1.29 is 14.3 Å². The first-order valence-corrected chi connectivity index (χ1v) is 5.75. The van der Waals surface area contributed by atoms with E-state index in [0.717, 1.165) is 6.42 Å². The fraction of sp³-hybridized carbons (Fsp3) is 0.833. The van der Waals surface area contributed by atoms with Gasteiger partial charge in [0.05, 0.1) is 6.61 Å². The molecule has 3 heteroatoms. The molecule has 0 aromatic carbocycles. The molecule has 1 saturated carbocycles. The smallest absolute Gasteiger partial charge is 0.316 e. The van der Waals surface area contributed by atoms with E-state index in [9.17, 15) is 9.59 Å². The van der Waals surface area contributed by atoms with Gasteiger partial charge < -0.3 is 4.74 Å². The maximum Gasteiger partial charge on any atom is 0.316 e. The maximum absolute atomic E-state index is 11.6. The van der Waals surface area contributed by atoms with Crippen molar-refractivity contribution in [2.45, 2.75) is 40.0 Å². The van der Waals surface area contributed by atoms with Gasteiger partial charge in [0.25, 0.3) is 0 Å². The zero-order valence-corrected chi connectivity index (χ0v) is 9.79. The molecular weight excluding hydrogens is 192 g/mol. The molecule has 0 heterocycles. The van der Waals surface area contributed by atoms with Gasteiger partial charge in [-0.2, -0.15) is 0 Å². The lowest BCUT2D eigenvalue weighted by Gasteiger charge is -2.29. The van der Waals surface area contributed by atoms with E-state index in [1.165, 1.54) is 0 Å². The van der Waals surface area contributed by atoms with Gasteiger partial charge in [-0.25, -0.2) is 0 Å². The Hall–Kier alpha value is -0.860. The molecule has 0 bridgehead atoms. The highest BCUT2D eigenvalue weighted by molar-refractivity contribution is 5.99. The molecule has 0 unspecified atom stereocenters. The topological polar surface area (TPSA) is 43.4 Å². The lowest BCUT2D eigenvalue weighted by Crippen LogP contribution is -2.34. The van der Waals surface area contributed by atoms with E-state index in [-0.39, 0.29) is 11.8 Å². The number of hydrogen-bond donors (Lipinski definition) is 0. The average molecular weight is 212 g/mol. The number of carbonyl (C=O) groups excluding carboxylic acids is 2. The van der Waals surface area contributed by atoms with Gasteiger partial charge >= 0.3 is 5.97 Å². The first-order valence-electron chi connectivity index (χ1n) is 5.75. The van der Waals surface area contributed by atoms with Crippen LogP contribution in [0.25, 0.3) is 0 Å². The second-order valence-electron chi connectivity index (χ2n) is 4.55. The van der Waals surface area contributed by atoms with Gasteiger partial charge in [-0.1, -0.05) is 13.8 Å². The Kier molecular flexibility index (Phi) is 4.30. The van der Waals surface area contributed by atoms with Crippen LogP contribution in [0, 0.1) is 17.8 Å². The molecule has 2 atom stereocenters. The van der Waals surface area contributed by atoms with Crippen molar-refractivity contribution in [3.8, 4) is 0 Å². The summed E-state index contributed by atoms with van der Waals surface area (Å²) in [6.45, 7) is 6.41. The summed E-state index contributed by atoms with van der Waals surface area (Å²) in [5.74, 6) is 0.261. The number of rotatable bonds is 3. The Morgan fingerprint density at radius 3 is 2.73 bits per heavy atom. The van der Waals surface area contributed by atoms with Crippen molar-refractivity contribution in [1.29, 1.82) is 0 Å². The van der Waals surface area contributed by atoms with Crippen molar-refractivity contribution in [2.75, 3.05) is 6.61 Å². The minimum Gasteiger partial charge on any atom is -0.465 e. The van der Waals surface area contributed by atoms with E-state index in [4.69, 9.17) is 4.74 Å². The van der Waals surface area contributed by atoms with Crippen molar-refractivity contribution in [3.05, 3.63) is 0 Å². The highest BCUT2D eigenvalue weighted by atomic mass is 16.5. The number of Topliss-reactive ketones (excluding diaryl/α,β-unsaturated/α-hetero) is 1. The van der Waals surface area contributed by atoms with Crippen LogP contribution in [0.2, 0.25) is 0 Å². The van der Waals surface area contributed by atoms with E-state index >= 15 is 0 Å². The van der Waals surface area contributed by atoms with E-state index in [2.05, 4.69) is 13.8 Å². The third-order valence-corrected chi connectivity index (χ3v) is 3.20. The Balaban J connectivity index is 2.61. The summed E-state index contributed by atoms with van der Waals surface area (Å²) in [4.78, 5) is 23.1. The summed E-state index contributed by atoms with van der Waals surface area (Å²) in [5.41, 5.74) is 0. The monoisotopic (exact) mass is 212 g/mol. The summed E-state index contributed by atoms with van der Waals surface area (Å²) in [5, 5.41) is 0. The van der Waals surface area contributed by atoms with Gasteiger partial charge in [0, 0.05) is 6.42 Å². The van der Waals surface area contributed by atoms with Crippen LogP contribution in [0.4, 0.5) is 0 Å². The molecule has 1 aliphatic rings. The molecule has 0 aliphatic heterocycles. The van der Waals surface area contributed by atoms with Crippen LogP contribution >= 0.6 is 0 Å². The SMILES string of the molecule is CCOC(=O)[C@H]1C[C@@H](C(C)C)CCC1=O. The quantitative estimate of drug-likeness (QED) is 0.532. The Bertz CT molecular complexity index is 245. The number of hydrogen-bond acceptors (Lipinski definition) is 3. The van der Waals surface area contributed by atoms with Crippen LogP contribution in [0.1, 0.15) is 40.0 Å². The fourth-order valence-corrected chi connectivity index (χ4v) is 2.13. The van der Waals surface area contributed by atoms with Crippen molar-refractivity contribution in [1.82, 2.24) is 0 Å². The molecular formula is C12H20O3. The molecule has 0 spiro atoms.